The van der Waals surface area contributed by atoms with Gasteiger partial charge in [-0.3, -0.25) is 9.59 Å². The minimum Gasteiger partial charge on any atom is -0.459 e. The second-order valence-corrected chi connectivity index (χ2v) is 6.87. The van der Waals surface area contributed by atoms with Gasteiger partial charge in [-0.05, 0) is 35.6 Å². The average Bonchev–Trinajstić information content (AvgIpc) is 3.14. The van der Waals surface area contributed by atoms with E-state index < -0.39 is 6.04 Å². The fraction of sp³-hybridized carbons (Fsp3) is 0.400. The maximum atomic E-state index is 12.8. The molecule has 25 heavy (non-hydrogen) atoms. The predicted octanol–water partition coefficient (Wildman–Crippen LogP) is 3.01. The second-order valence-electron chi connectivity index (χ2n) is 6.87. The van der Waals surface area contributed by atoms with Crippen LogP contribution in [0.5, 0.6) is 0 Å². The fourth-order valence-electron chi connectivity index (χ4n) is 3.11. The van der Waals surface area contributed by atoms with Gasteiger partial charge >= 0.3 is 0 Å². The summed E-state index contributed by atoms with van der Waals surface area (Å²) < 4.78 is 5.25. The molecule has 5 nitrogen and oxygen atoms in total. The Bertz CT molecular complexity index is 737. The van der Waals surface area contributed by atoms with Crippen LogP contribution in [0.15, 0.2) is 47.1 Å². The standard InChI is InChI=1S/C20H24N2O3/c1-14(2)9-10-21-19(23)17-12-15-6-3-4-7-16(15)13-22(17)20(24)18-8-5-11-25-18/h3-8,11,14,17H,9-10,12-13H2,1-2H3,(H,21,23). The molecule has 1 aromatic heterocycles. The molecule has 1 N–H and O–H groups in total. The first kappa shape index (κ1) is 17.3. The summed E-state index contributed by atoms with van der Waals surface area (Å²) >= 11 is 0. The minimum absolute atomic E-state index is 0.102. The van der Waals surface area contributed by atoms with Gasteiger partial charge < -0.3 is 14.6 Å². The highest BCUT2D eigenvalue weighted by Gasteiger charge is 2.35. The topological polar surface area (TPSA) is 62.6 Å². The predicted molar refractivity (Wildman–Crippen MR) is 95.0 cm³/mol. The van der Waals surface area contributed by atoms with Gasteiger partial charge in [0.1, 0.15) is 6.04 Å². The zero-order valence-electron chi connectivity index (χ0n) is 14.7. The largest absolute Gasteiger partial charge is 0.459 e. The summed E-state index contributed by atoms with van der Waals surface area (Å²) in [6.45, 7) is 5.28. The van der Waals surface area contributed by atoms with Gasteiger partial charge in [-0.2, -0.15) is 0 Å². The molecule has 3 rings (SSSR count). The minimum atomic E-state index is -0.514. The number of rotatable bonds is 5. The van der Waals surface area contributed by atoms with Gasteiger partial charge in [-0.1, -0.05) is 38.1 Å². The number of nitrogens with one attached hydrogen (secondary N) is 1. The third-order valence-corrected chi connectivity index (χ3v) is 4.56. The number of carbonyl (C=O) groups is 2. The first-order valence-electron chi connectivity index (χ1n) is 8.75. The highest BCUT2D eigenvalue weighted by atomic mass is 16.3. The van der Waals surface area contributed by atoms with E-state index in [9.17, 15) is 9.59 Å². The molecule has 1 aromatic carbocycles. The van der Waals surface area contributed by atoms with Crippen molar-refractivity contribution < 1.29 is 14.0 Å². The monoisotopic (exact) mass is 340 g/mol. The lowest BCUT2D eigenvalue weighted by Crippen LogP contribution is -2.52. The molecule has 1 aliphatic heterocycles. The molecule has 0 bridgehead atoms. The zero-order valence-corrected chi connectivity index (χ0v) is 14.7. The highest BCUT2D eigenvalue weighted by Crippen LogP contribution is 2.25. The Labute approximate surface area is 148 Å². The van der Waals surface area contributed by atoms with Crippen LogP contribution in [0.2, 0.25) is 0 Å². The number of hydrogen-bond donors (Lipinski definition) is 1. The van der Waals surface area contributed by atoms with Crippen LogP contribution >= 0.6 is 0 Å². The van der Waals surface area contributed by atoms with Crippen LogP contribution in [0.3, 0.4) is 0 Å². The van der Waals surface area contributed by atoms with Crippen LogP contribution < -0.4 is 5.32 Å². The van der Waals surface area contributed by atoms with Crippen molar-refractivity contribution in [3.8, 4) is 0 Å². The van der Waals surface area contributed by atoms with Gasteiger partial charge in [0.25, 0.3) is 5.91 Å². The Morgan fingerprint density at radius 3 is 2.64 bits per heavy atom. The smallest absolute Gasteiger partial charge is 0.290 e. The zero-order chi connectivity index (χ0) is 17.8. The van der Waals surface area contributed by atoms with Gasteiger partial charge in [-0.25, -0.2) is 0 Å². The molecule has 0 saturated carbocycles. The summed E-state index contributed by atoms with van der Waals surface area (Å²) in [7, 11) is 0. The molecule has 0 fully saturated rings. The molecule has 132 valence electrons. The molecule has 5 heteroatoms. The average molecular weight is 340 g/mol. The number of amides is 2. The molecular formula is C20H24N2O3. The van der Waals surface area contributed by atoms with E-state index >= 15 is 0 Å². The Morgan fingerprint density at radius 1 is 1.20 bits per heavy atom. The maximum absolute atomic E-state index is 12.8. The lowest BCUT2D eigenvalue weighted by atomic mass is 9.93. The third-order valence-electron chi connectivity index (χ3n) is 4.56. The number of nitrogens with zero attached hydrogens (tertiary/aromatic N) is 1. The van der Waals surface area contributed by atoms with Crippen molar-refractivity contribution in [2.24, 2.45) is 5.92 Å². The van der Waals surface area contributed by atoms with Crippen molar-refractivity contribution in [2.75, 3.05) is 6.54 Å². The van der Waals surface area contributed by atoms with Crippen LogP contribution in [-0.4, -0.2) is 29.3 Å². The van der Waals surface area contributed by atoms with Crippen molar-refractivity contribution >= 4 is 11.8 Å². The maximum Gasteiger partial charge on any atom is 0.290 e. The quantitative estimate of drug-likeness (QED) is 0.910. The number of hydrogen-bond acceptors (Lipinski definition) is 3. The van der Waals surface area contributed by atoms with Crippen molar-refractivity contribution in [1.29, 1.82) is 0 Å². The van der Waals surface area contributed by atoms with E-state index in [2.05, 4.69) is 19.2 Å². The van der Waals surface area contributed by atoms with Crippen molar-refractivity contribution in [2.45, 2.75) is 39.3 Å². The van der Waals surface area contributed by atoms with Gasteiger partial charge in [0.2, 0.25) is 5.91 Å². The second kappa shape index (κ2) is 7.55. The van der Waals surface area contributed by atoms with Crippen LogP contribution in [0.25, 0.3) is 0 Å². The number of benzene rings is 1. The fourth-order valence-corrected chi connectivity index (χ4v) is 3.11. The van der Waals surface area contributed by atoms with Crippen LogP contribution in [0.1, 0.15) is 41.9 Å². The SMILES string of the molecule is CC(C)CCNC(=O)C1Cc2ccccc2CN1C(=O)c1ccco1. The van der Waals surface area contributed by atoms with E-state index in [0.717, 1.165) is 17.5 Å². The molecule has 2 amide bonds. The molecule has 0 saturated heterocycles. The molecule has 1 aliphatic rings. The summed E-state index contributed by atoms with van der Waals surface area (Å²) in [5.74, 6) is 0.436. The summed E-state index contributed by atoms with van der Waals surface area (Å²) in [5, 5.41) is 2.98. The first-order valence-corrected chi connectivity index (χ1v) is 8.75. The molecule has 1 unspecified atom stereocenters. The van der Waals surface area contributed by atoms with E-state index in [1.54, 1.807) is 17.0 Å². The van der Waals surface area contributed by atoms with Crippen LogP contribution in [0.4, 0.5) is 0 Å². The Morgan fingerprint density at radius 2 is 1.96 bits per heavy atom. The van der Waals surface area contributed by atoms with Crippen molar-refractivity contribution in [1.82, 2.24) is 10.2 Å². The van der Waals surface area contributed by atoms with E-state index in [1.807, 2.05) is 24.3 Å². The van der Waals surface area contributed by atoms with E-state index in [4.69, 9.17) is 4.42 Å². The molecule has 0 radical (unpaired) electrons. The summed E-state index contributed by atoms with van der Waals surface area (Å²) in [6.07, 6.45) is 2.92. The van der Waals surface area contributed by atoms with E-state index in [-0.39, 0.29) is 17.6 Å². The normalized spacial score (nSPS) is 16.6. The van der Waals surface area contributed by atoms with Crippen LogP contribution in [-0.2, 0) is 17.8 Å². The third kappa shape index (κ3) is 3.92. The molecule has 0 spiro atoms. The van der Waals surface area contributed by atoms with Crippen molar-refractivity contribution in [3.05, 3.63) is 59.5 Å². The summed E-state index contributed by atoms with van der Waals surface area (Å²) in [6, 6.07) is 10.8. The van der Waals surface area contributed by atoms with Gasteiger partial charge in [0, 0.05) is 19.5 Å². The summed E-state index contributed by atoms with van der Waals surface area (Å²) in [4.78, 5) is 27.2. The molecule has 2 heterocycles. The lowest BCUT2D eigenvalue weighted by Gasteiger charge is -2.35. The van der Waals surface area contributed by atoms with E-state index in [1.165, 1.54) is 6.26 Å². The molecular weight excluding hydrogens is 316 g/mol. The Hall–Kier alpha value is -2.56. The van der Waals surface area contributed by atoms with Gasteiger partial charge in [0.05, 0.1) is 6.26 Å². The highest BCUT2D eigenvalue weighted by molar-refractivity contribution is 5.96. The van der Waals surface area contributed by atoms with Gasteiger partial charge in [0.15, 0.2) is 5.76 Å². The Kier molecular flexibility index (Phi) is 5.22. The first-order chi connectivity index (χ1) is 12.1. The number of furan rings is 1. The lowest BCUT2D eigenvalue weighted by molar-refractivity contribution is -0.126. The van der Waals surface area contributed by atoms with Gasteiger partial charge in [-0.15, -0.1) is 0 Å². The summed E-state index contributed by atoms with van der Waals surface area (Å²) in [5.41, 5.74) is 2.20. The van der Waals surface area contributed by atoms with E-state index in [0.29, 0.717) is 25.4 Å². The van der Waals surface area contributed by atoms with Crippen LogP contribution in [0, 0.1) is 5.92 Å². The Balaban J connectivity index is 1.81. The molecule has 1 atom stereocenters. The molecule has 2 aromatic rings. The van der Waals surface area contributed by atoms with Crippen molar-refractivity contribution in [3.63, 3.8) is 0 Å². The molecule has 0 aliphatic carbocycles. The number of fused-ring (bicyclic) bond motifs is 1. The number of carbonyl (C=O) groups excluding carboxylic acids is 2.